The van der Waals surface area contributed by atoms with Crippen LogP contribution in [-0.2, 0) is 9.53 Å². The quantitative estimate of drug-likeness (QED) is 0.638. The third kappa shape index (κ3) is 5.80. The smallest absolute Gasteiger partial charge is 0.222 e. The van der Waals surface area contributed by atoms with Crippen LogP contribution in [0.1, 0.15) is 25.7 Å². The van der Waals surface area contributed by atoms with Crippen LogP contribution in [0.4, 0.5) is 0 Å². The highest BCUT2D eigenvalue weighted by Crippen LogP contribution is 2.06. The summed E-state index contributed by atoms with van der Waals surface area (Å²) in [6.45, 7) is 5.65. The van der Waals surface area contributed by atoms with Crippen LogP contribution in [0.3, 0.4) is 0 Å². The van der Waals surface area contributed by atoms with Gasteiger partial charge in [0.15, 0.2) is 0 Å². The predicted molar refractivity (Wildman–Crippen MR) is 70.4 cm³/mol. The van der Waals surface area contributed by atoms with Crippen LogP contribution in [-0.4, -0.2) is 73.9 Å². The van der Waals surface area contributed by atoms with E-state index in [-0.39, 0.29) is 12.5 Å². The number of unbranched alkanes of at least 4 members (excludes halogenated alkanes) is 1. The fraction of sp³-hybridized carbons (Fsp3) is 0.923. The Labute approximate surface area is 110 Å². The minimum absolute atomic E-state index is 0.181. The average Bonchev–Trinajstić information content (AvgIpc) is 2.40. The van der Waals surface area contributed by atoms with E-state index < -0.39 is 0 Å². The first kappa shape index (κ1) is 15.4. The molecule has 0 aromatic carbocycles. The van der Waals surface area contributed by atoms with E-state index in [1.165, 1.54) is 0 Å². The summed E-state index contributed by atoms with van der Waals surface area (Å²) in [6, 6.07) is 0. The number of carbonyl (C=O) groups excluding carboxylic acids is 1. The van der Waals surface area contributed by atoms with Crippen LogP contribution in [0.2, 0.25) is 0 Å². The second-order valence-electron chi connectivity index (χ2n) is 4.75. The Hall–Kier alpha value is -0.650. The van der Waals surface area contributed by atoms with Gasteiger partial charge < -0.3 is 14.7 Å². The lowest BCUT2D eigenvalue weighted by atomic mass is 10.2. The molecule has 1 heterocycles. The summed E-state index contributed by atoms with van der Waals surface area (Å²) in [5.74, 6) is 0.236. The molecule has 5 heteroatoms. The Morgan fingerprint density at radius 2 is 1.89 bits per heavy atom. The third-order valence-electron chi connectivity index (χ3n) is 3.35. The van der Waals surface area contributed by atoms with Crippen LogP contribution >= 0.6 is 0 Å². The van der Waals surface area contributed by atoms with Crippen molar-refractivity contribution < 1.29 is 14.6 Å². The third-order valence-corrected chi connectivity index (χ3v) is 3.35. The largest absolute Gasteiger partial charge is 0.396 e. The van der Waals surface area contributed by atoms with Gasteiger partial charge >= 0.3 is 0 Å². The lowest BCUT2D eigenvalue weighted by Crippen LogP contribution is -2.48. The number of hydrogen-bond donors (Lipinski definition) is 1. The normalized spacial score (nSPS) is 17.1. The predicted octanol–water partition coefficient (Wildman–Crippen LogP) is 0.330. The van der Waals surface area contributed by atoms with Crippen molar-refractivity contribution in [2.45, 2.75) is 25.7 Å². The Kier molecular flexibility index (Phi) is 7.96. The Morgan fingerprint density at radius 1 is 1.17 bits per heavy atom. The van der Waals surface area contributed by atoms with Crippen molar-refractivity contribution in [3.63, 3.8) is 0 Å². The van der Waals surface area contributed by atoms with E-state index in [2.05, 4.69) is 4.90 Å². The summed E-state index contributed by atoms with van der Waals surface area (Å²) in [5, 5.41) is 8.69. The molecule has 0 aliphatic carbocycles. The molecule has 0 bridgehead atoms. The number of amides is 1. The molecule has 1 N–H and O–H groups in total. The zero-order valence-electron chi connectivity index (χ0n) is 11.4. The Morgan fingerprint density at radius 3 is 2.50 bits per heavy atom. The second-order valence-corrected chi connectivity index (χ2v) is 4.75. The molecule has 0 radical (unpaired) electrons. The molecule has 1 rings (SSSR count). The van der Waals surface area contributed by atoms with Gasteiger partial charge in [-0.15, -0.1) is 0 Å². The maximum Gasteiger partial charge on any atom is 0.222 e. The highest BCUT2D eigenvalue weighted by Gasteiger charge is 2.19. The fourth-order valence-corrected chi connectivity index (χ4v) is 2.20. The van der Waals surface area contributed by atoms with Crippen LogP contribution in [0.15, 0.2) is 0 Å². The molecule has 0 atom stereocenters. The van der Waals surface area contributed by atoms with Gasteiger partial charge in [-0.25, -0.2) is 0 Å². The first-order valence-electron chi connectivity index (χ1n) is 6.88. The van der Waals surface area contributed by atoms with Gasteiger partial charge in [-0.2, -0.15) is 0 Å². The van der Waals surface area contributed by atoms with E-state index in [9.17, 15) is 4.79 Å². The molecule has 1 fully saturated rings. The standard InChI is InChI=1S/C13H26N2O3/c1-18-12-4-6-14-7-9-15(10-8-14)13(17)5-2-3-11-16/h16H,2-12H2,1H3. The molecular weight excluding hydrogens is 232 g/mol. The molecule has 0 aromatic heterocycles. The minimum atomic E-state index is 0.181. The first-order chi connectivity index (χ1) is 8.77. The van der Waals surface area contributed by atoms with Gasteiger partial charge in [0.2, 0.25) is 5.91 Å². The van der Waals surface area contributed by atoms with E-state index >= 15 is 0 Å². The average molecular weight is 258 g/mol. The minimum Gasteiger partial charge on any atom is -0.396 e. The molecule has 1 amide bonds. The molecule has 1 aliphatic rings. The number of methoxy groups -OCH3 is 1. The van der Waals surface area contributed by atoms with Crippen molar-refractivity contribution in [2.24, 2.45) is 0 Å². The van der Waals surface area contributed by atoms with Crippen LogP contribution in [0, 0.1) is 0 Å². The summed E-state index contributed by atoms with van der Waals surface area (Å²) >= 11 is 0. The van der Waals surface area contributed by atoms with Gasteiger partial charge in [0, 0.05) is 59.5 Å². The molecule has 1 saturated heterocycles. The number of piperazine rings is 1. The van der Waals surface area contributed by atoms with Crippen molar-refractivity contribution in [3.8, 4) is 0 Å². The van der Waals surface area contributed by atoms with E-state index in [1.54, 1.807) is 7.11 Å². The maximum absolute atomic E-state index is 11.8. The van der Waals surface area contributed by atoms with Gasteiger partial charge in [-0.3, -0.25) is 9.69 Å². The van der Waals surface area contributed by atoms with Crippen LogP contribution in [0.25, 0.3) is 0 Å². The van der Waals surface area contributed by atoms with E-state index in [1.807, 2.05) is 4.90 Å². The number of nitrogens with zero attached hydrogens (tertiary/aromatic N) is 2. The summed E-state index contributed by atoms with van der Waals surface area (Å²) < 4.78 is 5.04. The number of aliphatic hydroxyl groups is 1. The summed E-state index contributed by atoms with van der Waals surface area (Å²) in [7, 11) is 1.73. The number of hydrogen-bond acceptors (Lipinski definition) is 4. The van der Waals surface area contributed by atoms with E-state index in [4.69, 9.17) is 9.84 Å². The topological polar surface area (TPSA) is 53.0 Å². The molecule has 5 nitrogen and oxygen atoms in total. The van der Waals surface area contributed by atoms with Crippen molar-refractivity contribution in [2.75, 3.05) is 53.0 Å². The first-order valence-corrected chi connectivity index (χ1v) is 6.88. The zero-order chi connectivity index (χ0) is 13.2. The van der Waals surface area contributed by atoms with Crippen molar-refractivity contribution in [3.05, 3.63) is 0 Å². The van der Waals surface area contributed by atoms with Crippen LogP contribution in [0.5, 0.6) is 0 Å². The molecule has 0 aromatic rings. The van der Waals surface area contributed by atoms with Crippen molar-refractivity contribution in [1.29, 1.82) is 0 Å². The number of rotatable bonds is 8. The van der Waals surface area contributed by atoms with Gasteiger partial charge in [0.25, 0.3) is 0 Å². The molecule has 1 aliphatic heterocycles. The Balaban J connectivity index is 2.12. The highest BCUT2D eigenvalue weighted by molar-refractivity contribution is 5.76. The summed E-state index contributed by atoms with van der Waals surface area (Å²) in [4.78, 5) is 16.2. The maximum atomic E-state index is 11.8. The van der Waals surface area contributed by atoms with Gasteiger partial charge in [0.05, 0.1) is 0 Å². The molecule has 0 spiro atoms. The monoisotopic (exact) mass is 258 g/mol. The van der Waals surface area contributed by atoms with Gasteiger partial charge in [-0.05, 0) is 19.3 Å². The number of aliphatic hydroxyl groups excluding tert-OH is 1. The number of carbonyl (C=O) groups is 1. The van der Waals surface area contributed by atoms with Crippen molar-refractivity contribution >= 4 is 5.91 Å². The van der Waals surface area contributed by atoms with Gasteiger partial charge in [-0.1, -0.05) is 0 Å². The lowest BCUT2D eigenvalue weighted by molar-refractivity contribution is -0.133. The van der Waals surface area contributed by atoms with Crippen LogP contribution < -0.4 is 0 Å². The molecule has 106 valence electrons. The second kappa shape index (κ2) is 9.30. The summed E-state index contributed by atoms with van der Waals surface area (Å²) in [5.41, 5.74) is 0. The number of ether oxygens (including phenoxy) is 1. The molecular formula is C13H26N2O3. The van der Waals surface area contributed by atoms with Gasteiger partial charge in [0.1, 0.15) is 0 Å². The molecule has 0 saturated carbocycles. The van der Waals surface area contributed by atoms with E-state index in [0.717, 1.165) is 58.6 Å². The van der Waals surface area contributed by atoms with E-state index in [0.29, 0.717) is 6.42 Å². The SMILES string of the molecule is COCCCN1CCN(C(=O)CCCCO)CC1. The highest BCUT2D eigenvalue weighted by atomic mass is 16.5. The lowest BCUT2D eigenvalue weighted by Gasteiger charge is -2.34. The Bertz CT molecular complexity index is 228. The zero-order valence-corrected chi connectivity index (χ0v) is 11.4. The molecule has 0 unspecified atom stereocenters. The fourth-order valence-electron chi connectivity index (χ4n) is 2.20. The van der Waals surface area contributed by atoms with Crippen molar-refractivity contribution in [1.82, 2.24) is 9.80 Å². The summed E-state index contributed by atoms with van der Waals surface area (Å²) in [6.07, 6.45) is 3.15. The molecule has 18 heavy (non-hydrogen) atoms.